The number of aliphatic carboxylic acids is 1. The highest BCUT2D eigenvalue weighted by atomic mass is 16.5. The lowest BCUT2D eigenvalue weighted by Gasteiger charge is -2.39. The van der Waals surface area contributed by atoms with Crippen molar-refractivity contribution in [2.24, 2.45) is 5.10 Å². The van der Waals surface area contributed by atoms with Crippen molar-refractivity contribution in [3.8, 4) is 5.75 Å². The molecule has 138 valence electrons. The third kappa shape index (κ3) is 3.54. The van der Waals surface area contributed by atoms with Crippen molar-refractivity contribution in [3.63, 3.8) is 0 Å². The minimum absolute atomic E-state index is 0.183. The van der Waals surface area contributed by atoms with Crippen LogP contribution >= 0.6 is 0 Å². The maximum atomic E-state index is 12.5. The molecule has 0 bridgehead atoms. The summed E-state index contributed by atoms with van der Waals surface area (Å²) in [5.41, 5.74) is 2.11. The smallest absolute Gasteiger partial charge is 0.348 e. The van der Waals surface area contributed by atoms with Crippen molar-refractivity contribution in [1.29, 1.82) is 0 Å². The second-order valence-electron chi connectivity index (χ2n) is 6.55. The van der Waals surface area contributed by atoms with E-state index >= 15 is 0 Å². The predicted octanol–water partition coefficient (Wildman–Crippen LogP) is 1.09. The molecule has 1 fully saturated rings. The van der Waals surface area contributed by atoms with Gasteiger partial charge in [-0.15, -0.1) is 0 Å². The van der Waals surface area contributed by atoms with Gasteiger partial charge in [0.25, 0.3) is 5.91 Å². The van der Waals surface area contributed by atoms with Crippen LogP contribution in [0.25, 0.3) is 0 Å². The molecule has 1 aromatic rings. The van der Waals surface area contributed by atoms with Gasteiger partial charge in [-0.3, -0.25) is 9.59 Å². The molecule has 2 amide bonds. The lowest BCUT2D eigenvalue weighted by molar-refractivity contribution is -0.161. The number of carbonyl (C=O) groups excluding carboxylic acids is 2. The number of ether oxygens (including phenoxy) is 1. The van der Waals surface area contributed by atoms with Crippen LogP contribution in [0.2, 0.25) is 0 Å². The lowest BCUT2D eigenvalue weighted by Crippen LogP contribution is -2.55. The predicted molar refractivity (Wildman–Crippen MR) is 92.8 cm³/mol. The van der Waals surface area contributed by atoms with Gasteiger partial charge in [0.1, 0.15) is 11.5 Å². The molecule has 0 aliphatic carbocycles. The van der Waals surface area contributed by atoms with Crippen LogP contribution in [0, 0.1) is 6.92 Å². The number of para-hydroxylation sites is 1. The molecular formula is C18H21N3O5. The van der Waals surface area contributed by atoms with Crippen LogP contribution in [0.1, 0.15) is 31.2 Å². The second-order valence-corrected chi connectivity index (χ2v) is 6.55. The molecular weight excluding hydrogens is 338 g/mol. The molecule has 0 spiro atoms. The Bertz CT molecular complexity index is 766. The van der Waals surface area contributed by atoms with Gasteiger partial charge < -0.3 is 14.7 Å². The summed E-state index contributed by atoms with van der Waals surface area (Å²) < 4.78 is 5.90. The van der Waals surface area contributed by atoms with Crippen molar-refractivity contribution < 1.29 is 24.2 Å². The van der Waals surface area contributed by atoms with E-state index in [1.807, 2.05) is 19.1 Å². The van der Waals surface area contributed by atoms with Crippen LogP contribution in [0.15, 0.2) is 29.4 Å². The number of rotatable bonds is 4. The molecule has 2 N–H and O–H groups in total. The van der Waals surface area contributed by atoms with E-state index in [0.29, 0.717) is 17.9 Å². The maximum Gasteiger partial charge on any atom is 0.348 e. The monoisotopic (exact) mass is 359 g/mol. The standard InChI is InChI=1S/C18H21N3O5/c1-12-4-2-3-5-14(12)26-18(17(24)25)8-10-21(11-9-18)16(23)13-6-7-15(22)20-19-13/h2-5H,6-11H2,1H3,(H,20,22)(H,24,25). The number of likely N-dealkylation sites (tertiary alicyclic amines) is 1. The van der Waals surface area contributed by atoms with Gasteiger partial charge in [-0.05, 0) is 18.6 Å². The number of hydrogen-bond acceptors (Lipinski definition) is 5. The van der Waals surface area contributed by atoms with Crippen LogP contribution in [0.5, 0.6) is 5.75 Å². The molecule has 2 aliphatic heterocycles. The van der Waals surface area contributed by atoms with E-state index in [4.69, 9.17) is 4.74 Å². The average molecular weight is 359 g/mol. The molecule has 0 unspecified atom stereocenters. The Morgan fingerprint density at radius 3 is 2.50 bits per heavy atom. The SMILES string of the molecule is Cc1ccccc1OC1(C(=O)O)CCN(C(=O)C2=NNC(=O)CC2)CC1. The largest absolute Gasteiger partial charge is 0.478 e. The molecule has 8 nitrogen and oxygen atoms in total. The minimum atomic E-state index is -1.36. The molecule has 1 saturated heterocycles. The first-order valence-electron chi connectivity index (χ1n) is 8.54. The molecule has 3 rings (SSSR count). The van der Waals surface area contributed by atoms with Crippen molar-refractivity contribution in [2.45, 2.75) is 38.2 Å². The number of hydrogen-bond donors (Lipinski definition) is 2. The van der Waals surface area contributed by atoms with Gasteiger partial charge in [0, 0.05) is 38.8 Å². The van der Waals surface area contributed by atoms with E-state index in [1.54, 1.807) is 17.0 Å². The van der Waals surface area contributed by atoms with Crippen LogP contribution in [0.4, 0.5) is 0 Å². The Morgan fingerprint density at radius 2 is 1.92 bits per heavy atom. The maximum absolute atomic E-state index is 12.5. The Hall–Kier alpha value is -2.90. The Labute approximate surface area is 150 Å². The van der Waals surface area contributed by atoms with Crippen molar-refractivity contribution in [3.05, 3.63) is 29.8 Å². The summed E-state index contributed by atoms with van der Waals surface area (Å²) in [5, 5.41) is 13.6. The molecule has 0 atom stereocenters. The van der Waals surface area contributed by atoms with Gasteiger partial charge in [0.2, 0.25) is 11.5 Å². The average Bonchev–Trinajstić information content (AvgIpc) is 2.64. The first kappa shape index (κ1) is 17.9. The zero-order valence-corrected chi connectivity index (χ0v) is 14.5. The molecule has 26 heavy (non-hydrogen) atoms. The van der Waals surface area contributed by atoms with Crippen LogP contribution < -0.4 is 10.2 Å². The Balaban J connectivity index is 1.70. The highest BCUT2D eigenvalue weighted by Crippen LogP contribution is 2.31. The first-order chi connectivity index (χ1) is 12.4. The van der Waals surface area contributed by atoms with Crippen LogP contribution in [-0.2, 0) is 14.4 Å². The van der Waals surface area contributed by atoms with Gasteiger partial charge in [0.05, 0.1) is 0 Å². The van der Waals surface area contributed by atoms with Gasteiger partial charge in [-0.25, -0.2) is 10.2 Å². The van der Waals surface area contributed by atoms with E-state index in [0.717, 1.165) is 5.56 Å². The van der Waals surface area contributed by atoms with Gasteiger partial charge in [0.15, 0.2) is 0 Å². The number of piperidine rings is 1. The van der Waals surface area contributed by atoms with Gasteiger partial charge in [-0.2, -0.15) is 5.10 Å². The van der Waals surface area contributed by atoms with E-state index in [2.05, 4.69) is 10.5 Å². The number of carboxylic acid groups (broad SMARTS) is 1. The topological polar surface area (TPSA) is 108 Å². The molecule has 2 heterocycles. The molecule has 8 heteroatoms. The molecule has 0 aromatic heterocycles. The second kappa shape index (κ2) is 7.15. The zero-order valence-electron chi connectivity index (χ0n) is 14.5. The number of hydrazone groups is 1. The Morgan fingerprint density at radius 1 is 1.23 bits per heavy atom. The summed E-state index contributed by atoms with van der Waals surface area (Å²) >= 11 is 0. The third-order valence-corrected chi connectivity index (χ3v) is 4.80. The number of benzene rings is 1. The van der Waals surface area contributed by atoms with E-state index < -0.39 is 11.6 Å². The highest BCUT2D eigenvalue weighted by molar-refractivity contribution is 6.39. The normalized spacial score (nSPS) is 19.3. The third-order valence-electron chi connectivity index (χ3n) is 4.80. The van der Waals surface area contributed by atoms with Crippen molar-refractivity contribution >= 4 is 23.5 Å². The van der Waals surface area contributed by atoms with Crippen LogP contribution in [0.3, 0.4) is 0 Å². The van der Waals surface area contributed by atoms with Crippen molar-refractivity contribution in [1.82, 2.24) is 10.3 Å². The number of nitrogens with zero attached hydrogens (tertiary/aromatic N) is 2. The summed E-state index contributed by atoms with van der Waals surface area (Å²) in [7, 11) is 0. The summed E-state index contributed by atoms with van der Waals surface area (Å²) in [4.78, 5) is 37.1. The van der Waals surface area contributed by atoms with Gasteiger partial charge in [-0.1, -0.05) is 18.2 Å². The van der Waals surface area contributed by atoms with E-state index in [1.165, 1.54) is 0 Å². The quantitative estimate of drug-likeness (QED) is 0.836. The van der Waals surface area contributed by atoms with Gasteiger partial charge >= 0.3 is 5.97 Å². The first-order valence-corrected chi connectivity index (χ1v) is 8.54. The van der Waals surface area contributed by atoms with E-state index in [9.17, 15) is 19.5 Å². The lowest BCUT2D eigenvalue weighted by atomic mass is 9.90. The fourth-order valence-corrected chi connectivity index (χ4v) is 3.12. The van der Waals surface area contributed by atoms with Crippen molar-refractivity contribution in [2.75, 3.05) is 13.1 Å². The number of carbonyl (C=O) groups is 3. The fraction of sp³-hybridized carbons (Fsp3) is 0.444. The summed E-state index contributed by atoms with van der Waals surface area (Å²) in [6.45, 7) is 2.37. The Kier molecular flexibility index (Phi) is 4.92. The molecule has 1 aromatic carbocycles. The number of amides is 2. The molecule has 0 radical (unpaired) electrons. The number of carboxylic acids is 1. The summed E-state index contributed by atoms with van der Waals surface area (Å²) in [6, 6.07) is 7.27. The zero-order chi connectivity index (χ0) is 18.7. The van der Waals surface area contributed by atoms with E-state index in [-0.39, 0.29) is 44.2 Å². The molecule has 0 saturated carbocycles. The minimum Gasteiger partial charge on any atom is -0.478 e. The number of aryl methyl sites for hydroxylation is 1. The highest BCUT2D eigenvalue weighted by Gasteiger charge is 2.45. The summed E-state index contributed by atoms with van der Waals surface area (Å²) in [5.74, 6) is -0.972. The molecule has 2 aliphatic rings. The van der Waals surface area contributed by atoms with Crippen LogP contribution in [-0.4, -0.2) is 52.2 Å². The fourth-order valence-electron chi connectivity index (χ4n) is 3.12. The number of nitrogens with one attached hydrogen (secondary N) is 1. The summed E-state index contributed by atoms with van der Waals surface area (Å²) in [6.07, 6.45) is 0.892.